The second kappa shape index (κ2) is 9.06. The number of rotatable bonds is 6. The summed E-state index contributed by atoms with van der Waals surface area (Å²) in [5.74, 6) is 0.0943. The predicted octanol–water partition coefficient (Wildman–Crippen LogP) is 4.85. The maximum absolute atomic E-state index is 13.4. The number of pyridine rings is 1. The van der Waals surface area contributed by atoms with Crippen LogP contribution in [-0.2, 0) is 4.79 Å². The standard InChI is InChI=1S/C21H15ClFN5OS/c22-17-3-1-2-4-18(17)25-19(29)13-30-21-27-26-20(14-9-11-24-12-10-14)28(21)16-7-5-15(23)6-8-16/h1-12H,13H2,(H,25,29). The molecule has 9 heteroatoms. The molecule has 0 fully saturated rings. The molecular weight excluding hydrogens is 425 g/mol. The fourth-order valence-electron chi connectivity index (χ4n) is 2.75. The highest BCUT2D eigenvalue weighted by Gasteiger charge is 2.17. The zero-order valence-electron chi connectivity index (χ0n) is 15.5. The van der Waals surface area contributed by atoms with Gasteiger partial charge in [-0.2, -0.15) is 0 Å². The molecule has 2 heterocycles. The Morgan fingerprint density at radius 2 is 1.77 bits per heavy atom. The van der Waals surface area contributed by atoms with Crippen molar-refractivity contribution in [3.05, 3.63) is 83.9 Å². The van der Waals surface area contributed by atoms with Gasteiger partial charge in [0, 0.05) is 23.6 Å². The number of carbonyl (C=O) groups excluding carboxylic acids is 1. The van der Waals surface area contributed by atoms with Crippen LogP contribution >= 0.6 is 23.4 Å². The van der Waals surface area contributed by atoms with Crippen molar-refractivity contribution in [3.63, 3.8) is 0 Å². The predicted molar refractivity (Wildman–Crippen MR) is 115 cm³/mol. The summed E-state index contributed by atoms with van der Waals surface area (Å²) in [6.45, 7) is 0. The van der Waals surface area contributed by atoms with Crippen molar-refractivity contribution in [1.29, 1.82) is 0 Å². The van der Waals surface area contributed by atoms with Crippen molar-refractivity contribution in [3.8, 4) is 17.1 Å². The highest BCUT2D eigenvalue weighted by molar-refractivity contribution is 7.99. The number of hydrogen-bond acceptors (Lipinski definition) is 5. The Hall–Kier alpha value is -3.23. The van der Waals surface area contributed by atoms with Gasteiger partial charge in [-0.1, -0.05) is 35.5 Å². The Labute approximate surface area is 181 Å². The van der Waals surface area contributed by atoms with Crippen molar-refractivity contribution < 1.29 is 9.18 Å². The topological polar surface area (TPSA) is 72.7 Å². The Morgan fingerprint density at radius 1 is 1.03 bits per heavy atom. The molecule has 150 valence electrons. The molecule has 0 bridgehead atoms. The van der Waals surface area contributed by atoms with E-state index in [0.717, 1.165) is 5.56 Å². The lowest BCUT2D eigenvalue weighted by molar-refractivity contribution is -0.113. The zero-order valence-corrected chi connectivity index (χ0v) is 17.1. The minimum atomic E-state index is -0.342. The van der Waals surface area contributed by atoms with Crippen molar-refractivity contribution in [1.82, 2.24) is 19.7 Å². The van der Waals surface area contributed by atoms with Crippen molar-refractivity contribution in [2.45, 2.75) is 5.16 Å². The van der Waals surface area contributed by atoms with Crippen LogP contribution in [0.4, 0.5) is 10.1 Å². The van der Waals surface area contributed by atoms with Crippen molar-refractivity contribution in [2.24, 2.45) is 0 Å². The van der Waals surface area contributed by atoms with Crippen LogP contribution < -0.4 is 5.32 Å². The Kier molecular flexibility index (Phi) is 6.06. The summed E-state index contributed by atoms with van der Waals surface area (Å²) in [4.78, 5) is 16.4. The van der Waals surface area contributed by atoms with Gasteiger partial charge in [0.25, 0.3) is 0 Å². The maximum atomic E-state index is 13.4. The zero-order chi connectivity index (χ0) is 20.9. The van der Waals surface area contributed by atoms with Crippen LogP contribution in [0.15, 0.2) is 78.2 Å². The quantitative estimate of drug-likeness (QED) is 0.435. The van der Waals surface area contributed by atoms with Gasteiger partial charge in [-0.3, -0.25) is 14.3 Å². The average molecular weight is 440 g/mol. The van der Waals surface area contributed by atoms with Gasteiger partial charge < -0.3 is 5.32 Å². The van der Waals surface area contributed by atoms with E-state index < -0.39 is 0 Å². The van der Waals surface area contributed by atoms with Crippen LogP contribution in [0.3, 0.4) is 0 Å². The molecule has 2 aromatic carbocycles. The third kappa shape index (κ3) is 4.50. The van der Waals surface area contributed by atoms with Crippen LogP contribution in [0.2, 0.25) is 5.02 Å². The van der Waals surface area contributed by atoms with Gasteiger partial charge in [-0.25, -0.2) is 4.39 Å². The molecule has 30 heavy (non-hydrogen) atoms. The second-order valence-corrected chi connectivity index (χ2v) is 7.52. The number of nitrogens with zero attached hydrogens (tertiary/aromatic N) is 4. The van der Waals surface area contributed by atoms with Crippen LogP contribution in [0.5, 0.6) is 0 Å². The number of amides is 1. The van der Waals surface area contributed by atoms with Crippen LogP contribution in [-0.4, -0.2) is 31.4 Å². The number of nitrogens with one attached hydrogen (secondary N) is 1. The van der Waals surface area contributed by atoms with Crippen LogP contribution in [0.1, 0.15) is 0 Å². The number of benzene rings is 2. The van der Waals surface area contributed by atoms with Gasteiger partial charge in [-0.15, -0.1) is 10.2 Å². The summed E-state index contributed by atoms with van der Waals surface area (Å²) >= 11 is 7.31. The van der Waals surface area contributed by atoms with Gasteiger partial charge in [-0.05, 0) is 48.5 Å². The first-order chi connectivity index (χ1) is 14.6. The summed E-state index contributed by atoms with van der Waals surface area (Å²) in [5.41, 5.74) is 2.03. The molecule has 6 nitrogen and oxygen atoms in total. The van der Waals surface area contributed by atoms with Crippen molar-refractivity contribution in [2.75, 3.05) is 11.1 Å². The van der Waals surface area contributed by atoms with Crippen molar-refractivity contribution >= 4 is 35.0 Å². The fourth-order valence-corrected chi connectivity index (χ4v) is 3.69. The van der Waals surface area contributed by atoms with Gasteiger partial charge in [0.1, 0.15) is 5.82 Å². The molecule has 0 saturated heterocycles. The SMILES string of the molecule is O=C(CSc1nnc(-c2ccncc2)n1-c1ccc(F)cc1)Nc1ccccc1Cl. The highest BCUT2D eigenvalue weighted by Crippen LogP contribution is 2.28. The van der Waals surface area contributed by atoms with Gasteiger partial charge in [0.05, 0.1) is 16.5 Å². The Bertz CT molecular complexity index is 1170. The Balaban J connectivity index is 1.60. The highest BCUT2D eigenvalue weighted by atomic mass is 35.5. The molecule has 1 N–H and O–H groups in total. The van der Waals surface area contributed by atoms with E-state index in [-0.39, 0.29) is 17.5 Å². The molecule has 0 aliphatic carbocycles. The second-order valence-electron chi connectivity index (χ2n) is 6.17. The lowest BCUT2D eigenvalue weighted by atomic mass is 10.2. The number of aromatic nitrogens is 4. The summed E-state index contributed by atoms with van der Waals surface area (Å²) in [6, 6.07) is 16.6. The van der Waals surface area contributed by atoms with E-state index in [4.69, 9.17) is 11.6 Å². The molecule has 0 saturated carbocycles. The molecule has 0 spiro atoms. The first-order valence-electron chi connectivity index (χ1n) is 8.91. The molecule has 0 radical (unpaired) electrons. The normalized spacial score (nSPS) is 10.7. The van der Waals surface area contributed by atoms with E-state index in [2.05, 4.69) is 20.5 Å². The van der Waals surface area contributed by atoms with Crippen LogP contribution in [0, 0.1) is 5.82 Å². The van der Waals surface area contributed by atoms with E-state index in [1.54, 1.807) is 53.4 Å². The number of para-hydroxylation sites is 1. The number of anilines is 1. The fraction of sp³-hybridized carbons (Fsp3) is 0.0476. The van der Waals surface area contributed by atoms with E-state index in [0.29, 0.717) is 27.4 Å². The summed E-state index contributed by atoms with van der Waals surface area (Å²) in [7, 11) is 0. The monoisotopic (exact) mass is 439 g/mol. The molecule has 0 aliphatic heterocycles. The van der Waals surface area contributed by atoms with Crippen LogP contribution in [0.25, 0.3) is 17.1 Å². The lowest BCUT2D eigenvalue weighted by Gasteiger charge is -2.11. The third-order valence-electron chi connectivity index (χ3n) is 4.14. The first kappa shape index (κ1) is 20.1. The molecule has 0 unspecified atom stereocenters. The third-order valence-corrected chi connectivity index (χ3v) is 5.40. The number of carbonyl (C=O) groups is 1. The summed E-state index contributed by atoms with van der Waals surface area (Å²) in [5, 5.41) is 12.3. The first-order valence-corrected chi connectivity index (χ1v) is 10.3. The van der Waals surface area contributed by atoms with E-state index >= 15 is 0 Å². The maximum Gasteiger partial charge on any atom is 0.234 e. The molecule has 4 rings (SSSR count). The van der Waals surface area contributed by atoms with Gasteiger partial charge in [0.2, 0.25) is 5.91 Å². The smallest absolute Gasteiger partial charge is 0.234 e. The molecule has 0 aliphatic rings. The summed E-state index contributed by atoms with van der Waals surface area (Å²) in [6.07, 6.45) is 3.31. The number of halogens is 2. The minimum Gasteiger partial charge on any atom is -0.324 e. The minimum absolute atomic E-state index is 0.0981. The Morgan fingerprint density at radius 3 is 2.50 bits per heavy atom. The molecule has 0 atom stereocenters. The van der Waals surface area contributed by atoms with Gasteiger partial charge in [0.15, 0.2) is 11.0 Å². The average Bonchev–Trinajstić information content (AvgIpc) is 3.19. The van der Waals surface area contributed by atoms with E-state index in [1.165, 1.54) is 23.9 Å². The molecular formula is C21H15ClFN5OS. The number of hydrogen-bond donors (Lipinski definition) is 1. The largest absolute Gasteiger partial charge is 0.324 e. The summed E-state index contributed by atoms with van der Waals surface area (Å²) < 4.78 is 15.2. The lowest BCUT2D eigenvalue weighted by Crippen LogP contribution is -2.14. The van der Waals surface area contributed by atoms with E-state index in [9.17, 15) is 9.18 Å². The molecule has 4 aromatic rings. The number of thioether (sulfide) groups is 1. The van der Waals surface area contributed by atoms with Gasteiger partial charge >= 0.3 is 0 Å². The van der Waals surface area contributed by atoms with E-state index in [1.807, 2.05) is 12.1 Å². The molecule has 2 aromatic heterocycles. The molecule has 1 amide bonds.